The van der Waals surface area contributed by atoms with E-state index in [0.29, 0.717) is 29.4 Å². The zero-order chi connectivity index (χ0) is 22.9. The first-order valence-electron chi connectivity index (χ1n) is 11.0. The molecule has 1 atom stereocenters. The van der Waals surface area contributed by atoms with E-state index < -0.39 is 0 Å². The predicted octanol–water partition coefficient (Wildman–Crippen LogP) is 3.04. The van der Waals surface area contributed by atoms with Gasteiger partial charge in [0.15, 0.2) is 0 Å². The summed E-state index contributed by atoms with van der Waals surface area (Å²) in [5.41, 5.74) is 2.08. The maximum Gasteiger partial charge on any atom is 0.252 e. The van der Waals surface area contributed by atoms with Gasteiger partial charge < -0.3 is 25.0 Å². The van der Waals surface area contributed by atoms with E-state index in [9.17, 15) is 4.79 Å². The minimum atomic E-state index is -0.100. The van der Waals surface area contributed by atoms with Crippen molar-refractivity contribution in [1.82, 2.24) is 10.3 Å². The number of amides is 1. The highest BCUT2D eigenvalue weighted by atomic mass is 16.5. The molecule has 1 unspecified atom stereocenters. The highest BCUT2D eigenvalue weighted by Gasteiger charge is 2.15. The fourth-order valence-electron chi connectivity index (χ4n) is 3.56. The van der Waals surface area contributed by atoms with Crippen LogP contribution in [-0.4, -0.2) is 51.8 Å². The van der Waals surface area contributed by atoms with Crippen LogP contribution in [0.25, 0.3) is 10.9 Å². The second-order valence-corrected chi connectivity index (χ2v) is 7.83. The lowest BCUT2D eigenvalue weighted by molar-refractivity contribution is -0.878. The average Bonchev–Trinajstić information content (AvgIpc) is 2.82. The van der Waals surface area contributed by atoms with Crippen LogP contribution in [-0.2, 0) is 0 Å². The number of likely N-dealkylation sites (N-methyl/N-ethyl adjacent to an activating group) is 1. The zero-order valence-electron chi connectivity index (χ0n) is 19.3. The number of pyridine rings is 1. The number of para-hydroxylation sites is 1. The third kappa shape index (κ3) is 5.88. The monoisotopic (exact) mass is 437 g/mol. The van der Waals surface area contributed by atoms with Crippen LogP contribution in [0.15, 0.2) is 48.5 Å². The van der Waals surface area contributed by atoms with Crippen molar-refractivity contribution < 1.29 is 19.2 Å². The summed E-state index contributed by atoms with van der Waals surface area (Å²) in [4.78, 5) is 19.2. The molecule has 0 fully saturated rings. The lowest BCUT2D eigenvalue weighted by Gasteiger charge is -2.15. The standard InChI is InChI=1S/C25H32N4O3/c1-5-6-14-29(2)15-13-26-25(30)20-17-24(27-21-10-8-7-9-19(20)21)28-22-12-11-18(31-3)16-23(22)32-4/h7-12,16-17H,5-6,13-15H2,1-4H3,(H,26,30)(H,27,28)/p+1. The summed E-state index contributed by atoms with van der Waals surface area (Å²) < 4.78 is 10.7. The van der Waals surface area contributed by atoms with Gasteiger partial charge >= 0.3 is 0 Å². The molecule has 0 bridgehead atoms. The molecule has 2 aromatic carbocycles. The molecule has 7 nitrogen and oxygen atoms in total. The Balaban J connectivity index is 1.82. The molecule has 3 rings (SSSR count). The molecular formula is C25H33N4O3+. The molecule has 0 aliphatic rings. The Morgan fingerprint density at radius 1 is 1.06 bits per heavy atom. The summed E-state index contributed by atoms with van der Waals surface area (Å²) >= 11 is 0. The van der Waals surface area contributed by atoms with Crippen molar-refractivity contribution in [3.05, 3.63) is 54.1 Å². The van der Waals surface area contributed by atoms with Crippen molar-refractivity contribution >= 4 is 28.3 Å². The number of nitrogens with one attached hydrogen (secondary N) is 3. The number of benzene rings is 2. The third-order valence-electron chi connectivity index (χ3n) is 5.43. The van der Waals surface area contributed by atoms with E-state index in [-0.39, 0.29) is 5.91 Å². The van der Waals surface area contributed by atoms with Crippen LogP contribution in [0.2, 0.25) is 0 Å². The molecule has 3 N–H and O–H groups in total. The second kappa shape index (κ2) is 11.3. The molecule has 0 radical (unpaired) electrons. The fourth-order valence-corrected chi connectivity index (χ4v) is 3.56. The summed E-state index contributed by atoms with van der Waals surface area (Å²) in [7, 11) is 5.38. The summed E-state index contributed by atoms with van der Waals surface area (Å²) in [5.74, 6) is 1.80. The van der Waals surface area contributed by atoms with Crippen molar-refractivity contribution in [3.8, 4) is 11.5 Å². The number of unbranched alkanes of at least 4 members (excludes halogenated alkanes) is 1. The maximum absolute atomic E-state index is 13.0. The molecule has 32 heavy (non-hydrogen) atoms. The van der Waals surface area contributed by atoms with E-state index in [4.69, 9.17) is 14.5 Å². The quantitative estimate of drug-likeness (QED) is 0.430. The Morgan fingerprint density at radius 3 is 2.62 bits per heavy atom. The largest absolute Gasteiger partial charge is 0.497 e. The van der Waals surface area contributed by atoms with Gasteiger partial charge in [0.25, 0.3) is 5.91 Å². The number of rotatable bonds is 11. The Labute approximate surface area is 189 Å². The summed E-state index contributed by atoms with van der Waals surface area (Å²) in [6.07, 6.45) is 2.38. The van der Waals surface area contributed by atoms with Crippen molar-refractivity contribution in [2.24, 2.45) is 0 Å². The number of nitrogens with zero attached hydrogens (tertiary/aromatic N) is 1. The highest BCUT2D eigenvalue weighted by molar-refractivity contribution is 6.07. The first-order valence-corrected chi connectivity index (χ1v) is 11.0. The van der Waals surface area contributed by atoms with E-state index in [1.54, 1.807) is 26.4 Å². The van der Waals surface area contributed by atoms with Gasteiger partial charge in [0.1, 0.15) is 17.3 Å². The molecule has 0 saturated carbocycles. The van der Waals surface area contributed by atoms with E-state index >= 15 is 0 Å². The second-order valence-electron chi connectivity index (χ2n) is 7.83. The smallest absolute Gasteiger partial charge is 0.252 e. The Bertz CT molecular complexity index is 1050. The number of aromatic nitrogens is 1. The molecule has 1 aromatic heterocycles. The number of hydrogen-bond donors (Lipinski definition) is 3. The number of carbonyl (C=O) groups excluding carboxylic acids is 1. The van der Waals surface area contributed by atoms with Crippen molar-refractivity contribution in [3.63, 3.8) is 0 Å². The van der Waals surface area contributed by atoms with Gasteiger partial charge in [0.05, 0.1) is 57.7 Å². The summed E-state index contributed by atoms with van der Waals surface area (Å²) in [5, 5.41) is 7.18. The lowest BCUT2D eigenvalue weighted by Crippen LogP contribution is -3.09. The first-order chi connectivity index (χ1) is 15.5. The van der Waals surface area contributed by atoms with Crippen molar-refractivity contribution in [2.45, 2.75) is 19.8 Å². The van der Waals surface area contributed by atoms with Gasteiger partial charge in [-0.1, -0.05) is 31.5 Å². The van der Waals surface area contributed by atoms with Crippen molar-refractivity contribution in [2.75, 3.05) is 46.2 Å². The van der Waals surface area contributed by atoms with Crippen molar-refractivity contribution in [1.29, 1.82) is 0 Å². The van der Waals surface area contributed by atoms with Crippen LogP contribution in [0.5, 0.6) is 11.5 Å². The van der Waals surface area contributed by atoms with E-state index in [0.717, 1.165) is 29.7 Å². The fraction of sp³-hybridized carbons (Fsp3) is 0.360. The minimum absolute atomic E-state index is 0.100. The molecule has 3 aromatic rings. The van der Waals surface area contributed by atoms with Gasteiger partial charge in [-0.05, 0) is 30.7 Å². The van der Waals surface area contributed by atoms with Gasteiger partial charge in [-0.25, -0.2) is 4.98 Å². The van der Waals surface area contributed by atoms with Crippen LogP contribution < -0.4 is 25.0 Å². The number of ether oxygens (including phenoxy) is 2. The normalized spacial score (nSPS) is 11.8. The zero-order valence-corrected chi connectivity index (χ0v) is 19.3. The molecule has 7 heteroatoms. The average molecular weight is 438 g/mol. The van der Waals surface area contributed by atoms with E-state index in [1.807, 2.05) is 36.4 Å². The van der Waals surface area contributed by atoms with Crippen LogP contribution in [0.1, 0.15) is 30.1 Å². The van der Waals surface area contributed by atoms with Crippen LogP contribution in [0, 0.1) is 0 Å². The number of methoxy groups -OCH3 is 2. The van der Waals surface area contributed by atoms with Crippen LogP contribution in [0.3, 0.4) is 0 Å². The Kier molecular flexibility index (Phi) is 8.27. The number of anilines is 2. The molecule has 0 saturated heterocycles. The molecule has 170 valence electrons. The van der Waals surface area contributed by atoms with Crippen LogP contribution >= 0.6 is 0 Å². The van der Waals surface area contributed by atoms with Gasteiger partial charge in [0, 0.05) is 11.5 Å². The third-order valence-corrected chi connectivity index (χ3v) is 5.43. The number of hydrogen-bond acceptors (Lipinski definition) is 5. The Morgan fingerprint density at radius 2 is 1.88 bits per heavy atom. The summed E-state index contributed by atoms with van der Waals surface area (Å²) in [6, 6.07) is 15.0. The van der Waals surface area contributed by atoms with Gasteiger partial charge in [-0.3, -0.25) is 4.79 Å². The van der Waals surface area contributed by atoms with E-state index in [1.165, 1.54) is 17.7 Å². The van der Waals surface area contributed by atoms with Gasteiger partial charge in [-0.15, -0.1) is 0 Å². The lowest BCUT2D eigenvalue weighted by atomic mass is 10.1. The molecule has 0 spiro atoms. The summed E-state index contributed by atoms with van der Waals surface area (Å²) in [6.45, 7) is 4.82. The molecular weight excluding hydrogens is 404 g/mol. The number of carbonyl (C=O) groups is 1. The highest BCUT2D eigenvalue weighted by Crippen LogP contribution is 2.32. The number of fused-ring (bicyclic) bond motifs is 1. The molecule has 1 heterocycles. The first kappa shape index (κ1) is 23.3. The molecule has 1 amide bonds. The van der Waals surface area contributed by atoms with Gasteiger partial charge in [0.2, 0.25) is 0 Å². The topological polar surface area (TPSA) is 76.9 Å². The SMILES string of the molecule is CCCC[NH+](C)CCNC(=O)c1cc(Nc2ccc(OC)cc2OC)nc2ccccc12. The van der Waals surface area contributed by atoms with Gasteiger partial charge in [-0.2, -0.15) is 0 Å². The molecule has 0 aliphatic heterocycles. The van der Waals surface area contributed by atoms with E-state index in [2.05, 4.69) is 24.6 Å². The minimum Gasteiger partial charge on any atom is -0.497 e. The maximum atomic E-state index is 13.0. The van der Waals surface area contributed by atoms with Crippen LogP contribution in [0.4, 0.5) is 11.5 Å². The number of quaternary nitrogens is 1. The predicted molar refractivity (Wildman–Crippen MR) is 128 cm³/mol. The molecule has 0 aliphatic carbocycles. The Hall–Kier alpha value is -3.32.